The van der Waals surface area contributed by atoms with Gasteiger partial charge in [-0.1, -0.05) is 6.08 Å². The summed E-state index contributed by atoms with van der Waals surface area (Å²) in [4.78, 5) is 13.5. The highest BCUT2D eigenvalue weighted by Crippen LogP contribution is 2.21. The van der Waals surface area contributed by atoms with Crippen molar-refractivity contribution in [2.75, 3.05) is 126 Å². The van der Waals surface area contributed by atoms with Crippen LogP contribution in [0.3, 0.4) is 0 Å². The van der Waals surface area contributed by atoms with E-state index in [0.717, 1.165) is 0 Å². The molecule has 1 unspecified atom stereocenters. The molecule has 0 aromatic rings. The number of likely N-dealkylation sites (N-methyl/N-ethyl adjacent to an activating group) is 1. The van der Waals surface area contributed by atoms with Crippen molar-refractivity contribution in [3.8, 4) is 0 Å². The third-order valence-electron chi connectivity index (χ3n) is 5.19. The molecule has 1 aliphatic rings. The molecular weight excluding hydrogens is 518 g/mol. The normalized spacial score (nSPS) is 20.2. The third-order valence-corrected chi connectivity index (χ3v) is 5.19. The number of amides is 1. The van der Waals surface area contributed by atoms with Crippen molar-refractivity contribution in [1.29, 1.82) is 0 Å². The molecule has 1 rings (SSSR count). The zero-order valence-corrected chi connectivity index (χ0v) is 23.8. The Balaban J connectivity index is 1.80. The lowest BCUT2D eigenvalue weighted by atomic mass is 10.2. The second-order valence-electron chi connectivity index (χ2n) is 8.88. The first-order valence-corrected chi connectivity index (χ1v) is 13.3. The lowest BCUT2D eigenvalue weighted by Gasteiger charge is -2.37. The molecular formula is C26H49NO12. The minimum atomic E-state index is -1.31. The molecule has 13 heteroatoms. The second kappa shape index (κ2) is 23.5. The number of aliphatic hydroxyl groups excluding tert-OH is 1. The third kappa shape index (κ3) is 18.7. The number of nitrogens with zero attached hydrogens (tertiary/aromatic N) is 1. The van der Waals surface area contributed by atoms with E-state index in [1.165, 1.54) is 4.90 Å². The Morgan fingerprint density at radius 1 is 0.821 bits per heavy atom. The maximum atomic E-state index is 12.1. The van der Waals surface area contributed by atoms with Gasteiger partial charge in [-0.3, -0.25) is 4.79 Å². The van der Waals surface area contributed by atoms with Crippen molar-refractivity contribution < 1.29 is 57.3 Å². The Hall–Kier alpha value is -1.23. The van der Waals surface area contributed by atoms with Gasteiger partial charge in [0.25, 0.3) is 5.91 Å². The van der Waals surface area contributed by atoms with E-state index in [1.807, 2.05) is 0 Å². The molecule has 1 N–H and O–H groups in total. The van der Waals surface area contributed by atoms with Gasteiger partial charge in [0.2, 0.25) is 5.79 Å². The predicted molar refractivity (Wildman–Crippen MR) is 141 cm³/mol. The maximum absolute atomic E-state index is 12.1. The molecule has 0 aliphatic carbocycles. The zero-order valence-electron chi connectivity index (χ0n) is 23.8. The van der Waals surface area contributed by atoms with Crippen molar-refractivity contribution in [1.82, 2.24) is 4.90 Å². The Morgan fingerprint density at radius 3 is 1.64 bits per heavy atom. The van der Waals surface area contributed by atoms with Crippen molar-refractivity contribution in [2.24, 2.45) is 0 Å². The predicted octanol–water partition coefficient (Wildman–Crippen LogP) is -0.114. The second-order valence-corrected chi connectivity index (χ2v) is 8.88. The smallest absolute Gasteiger partial charge is 0.282 e. The average molecular weight is 568 g/mol. The highest BCUT2D eigenvalue weighted by molar-refractivity contribution is 5.82. The van der Waals surface area contributed by atoms with Gasteiger partial charge in [0.15, 0.2) is 0 Å². The van der Waals surface area contributed by atoms with E-state index in [9.17, 15) is 9.90 Å². The number of hydrogen-bond acceptors (Lipinski definition) is 12. The fraction of sp³-hybridized carbons (Fsp3) is 0.885. The molecule has 230 valence electrons. The lowest BCUT2D eigenvalue weighted by molar-refractivity contribution is -0.280. The number of ether oxygens (including phenoxy) is 10. The summed E-state index contributed by atoms with van der Waals surface area (Å²) in [6.45, 7) is 12.0. The summed E-state index contributed by atoms with van der Waals surface area (Å²) in [6.07, 6.45) is 0.539. The highest BCUT2D eigenvalue weighted by Gasteiger charge is 2.41. The standard InChI is InChI=1S/C26H49NO12/c1-5-6-30-7-8-31-9-10-32-11-12-33-13-14-34-15-16-35-17-18-36-19-23(28)20-37-24-21-38-26(2,39-22-24)25(29)27(3)4/h5,23-24,28H,1,6-22H2,2-4H3. The van der Waals surface area contributed by atoms with E-state index in [2.05, 4.69) is 6.58 Å². The molecule has 0 bridgehead atoms. The summed E-state index contributed by atoms with van der Waals surface area (Å²) < 4.78 is 54.3. The van der Waals surface area contributed by atoms with Gasteiger partial charge in [-0.15, -0.1) is 6.58 Å². The first kappa shape index (κ1) is 35.8. The van der Waals surface area contributed by atoms with Crippen LogP contribution in [-0.4, -0.2) is 160 Å². The molecule has 39 heavy (non-hydrogen) atoms. The van der Waals surface area contributed by atoms with E-state index in [4.69, 9.17) is 47.4 Å². The van der Waals surface area contributed by atoms with Crippen molar-refractivity contribution in [2.45, 2.75) is 24.9 Å². The maximum Gasteiger partial charge on any atom is 0.282 e. The molecule has 0 saturated carbocycles. The van der Waals surface area contributed by atoms with Crippen molar-refractivity contribution in [3.05, 3.63) is 12.7 Å². The summed E-state index contributed by atoms with van der Waals surface area (Å²) in [5.41, 5.74) is 0. The molecule has 1 fully saturated rings. The molecule has 0 aromatic heterocycles. The molecule has 0 aromatic carbocycles. The van der Waals surface area contributed by atoms with E-state index in [-0.39, 0.29) is 38.4 Å². The van der Waals surface area contributed by atoms with Crippen molar-refractivity contribution in [3.63, 3.8) is 0 Å². The number of hydrogen-bond donors (Lipinski definition) is 1. The van der Waals surface area contributed by atoms with Crippen LogP contribution in [0.1, 0.15) is 6.92 Å². The van der Waals surface area contributed by atoms with Crippen LogP contribution in [0.5, 0.6) is 0 Å². The van der Waals surface area contributed by atoms with Gasteiger partial charge in [0.05, 0.1) is 112 Å². The van der Waals surface area contributed by atoms with Gasteiger partial charge in [-0.05, 0) is 6.92 Å². The van der Waals surface area contributed by atoms with Crippen molar-refractivity contribution >= 4 is 5.91 Å². The van der Waals surface area contributed by atoms with Crippen LogP contribution in [0, 0.1) is 0 Å². The molecule has 1 saturated heterocycles. The Bertz CT molecular complexity index is 601. The van der Waals surface area contributed by atoms with Gasteiger partial charge < -0.3 is 57.4 Å². The molecule has 0 radical (unpaired) electrons. The first-order valence-electron chi connectivity index (χ1n) is 13.3. The van der Waals surface area contributed by atoms with Gasteiger partial charge in [0, 0.05) is 14.1 Å². The quantitative estimate of drug-likeness (QED) is 0.110. The molecule has 1 heterocycles. The molecule has 1 aliphatic heterocycles. The average Bonchev–Trinajstić information content (AvgIpc) is 2.93. The Kier molecular flexibility index (Phi) is 21.5. The number of rotatable bonds is 26. The van der Waals surface area contributed by atoms with E-state index in [0.29, 0.717) is 85.9 Å². The summed E-state index contributed by atoms with van der Waals surface area (Å²) in [6, 6.07) is 0. The van der Waals surface area contributed by atoms with E-state index in [1.54, 1.807) is 27.1 Å². The minimum Gasteiger partial charge on any atom is -0.388 e. The van der Waals surface area contributed by atoms with Gasteiger partial charge >= 0.3 is 0 Å². The van der Waals surface area contributed by atoms with Crippen LogP contribution in [0.4, 0.5) is 0 Å². The largest absolute Gasteiger partial charge is 0.388 e. The van der Waals surface area contributed by atoms with Crippen LogP contribution in [0.15, 0.2) is 12.7 Å². The summed E-state index contributed by atoms with van der Waals surface area (Å²) in [5.74, 6) is -1.58. The number of aliphatic hydroxyl groups is 1. The van der Waals surface area contributed by atoms with E-state index < -0.39 is 11.9 Å². The Labute approximate surface area is 232 Å². The number of carbonyl (C=O) groups excluding carboxylic acids is 1. The summed E-state index contributed by atoms with van der Waals surface area (Å²) >= 11 is 0. The number of carbonyl (C=O) groups is 1. The first-order chi connectivity index (χ1) is 18.9. The fourth-order valence-corrected chi connectivity index (χ4v) is 3.12. The van der Waals surface area contributed by atoms with Gasteiger partial charge in [-0.25, -0.2) is 0 Å². The summed E-state index contributed by atoms with van der Waals surface area (Å²) in [5, 5.41) is 10.0. The van der Waals surface area contributed by atoms with Crippen LogP contribution >= 0.6 is 0 Å². The lowest BCUT2D eigenvalue weighted by Crippen LogP contribution is -2.54. The highest BCUT2D eigenvalue weighted by atomic mass is 16.7. The monoisotopic (exact) mass is 567 g/mol. The zero-order chi connectivity index (χ0) is 28.6. The van der Waals surface area contributed by atoms with E-state index >= 15 is 0 Å². The SMILES string of the molecule is C=CCOCCOCCOCCOCCOCCOCCOCC(O)COC1COC(C)(C(=O)N(C)C)OC1. The topological polar surface area (TPSA) is 133 Å². The van der Waals surface area contributed by atoms with Crippen LogP contribution in [0.2, 0.25) is 0 Å². The van der Waals surface area contributed by atoms with Gasteiger partial charge in [0.1, 0.15) is 12.2 Å². The van der Waals surface area contributed by atoms with Crippen LogP contribution < -0.4 is 0 Å². The molecule has 13 nitrogen and oxygen atoms in total. The molecule has 1 atom stereocenters. The fourth-order valence-electron chi connectivity index (χ4n) is 3.12. The molecule has 0 spiro atoms. The van der Waals surface area contributed by atoms with Crippen LogP contribution in [0.25, 0.3) is 0 Å². The molecule has 1 amide bonds. The van der Waals surface area contributed by atoms with Gasteiger partial charge in [-0.2, -0.15) is 0 Å². The Morgan fingerprint density at radius 2 is 1.23 bits per heavy atom. The van der Waals surface area contributed by atoms with Crippen LogP contribution in [-0.2, 0) is 52.2 Å². The summed E-state index contributed by atoms with van der Waals surface area (Å²) in [7, 11) is 3.28. The minimum absolute atomic E-state index is 0.0690.